The number of amides is 2. The van der Waals surface area contributed by atoms with Crippen LogP contribution < -0.4 is 15.4 Å². The van der Waals surface area contributed by atoms with E-state index in [1.807, 2.05) is 6.92 Å². The lowest BCUT2D eigenvalue weighted by atomic mass is 10.1. The number of nitrogens with zero attached hydrogens (tertiary/aromatic N) is 1. The average molecular weight is 458 g/mol. The Labute approximate surface area is 170 Å². The number of rotatable bonds is 5. The molecule has 1 heterocycles. The largest absolute Gasteiger partial charge is 0.493 e. The molecule has 1 aliphatic rings. The zero-order valence-corrected chi connectivity index (χ0v) is 17.3. The van der Waals surface area contributed by atoms with Crippen LogP contribution in [0.25, 0.3) is 0 Å². The van der Waals surface area contributed by atoms with Crippen molar-refractivity contribution < 1.29 is 23.9 Å². The van der Waals surface area contributed by atoms with Gasteiger partial charge in [0.15, 0.2) is 5.11 Å². The normalized spacial score (nSPS) is 16.3. The van der Waals surface area contributed by atoms with Crippen LogP contribution in [-0.2, 0) is 14.3 Å². The van der Waals surface area contributed by atoms with Crippen LogP contribution in [0.5, 0.6) is 5.75 Å². The lowest BCUT2D eigenvalue weighted by Crippen LogP contribution is -2.60. The predicted octanol–water partition coefficient (Wildman–Crippen LogP) is 1.23. The summed E-state index contributed by atoms with van der Waals surface area (Å²) in [5, 5.41) is 5.36. The Kier molecular flexibility index (Phi) is 7.55. The molecule has 27 heavy (non-hydrogen) atoms. The van der Waals surface area contributed by atoms with Crippen LogP contribution in [0.2, 0.25) is 0 Å². The van der Waals surface area contributed by atoms with E-state index in [1.165, 1.54) is 12.0 Å². The zero-order valence-electron chi connectivity index (χ0n) is 14.9. The number of benzene rings is 1. The van der Waals surface area contributed by atoms with Gasteiger partial charge < -0.3 is 19.7 Å². The number of hydrogen-bond acceptors (Lipinski definition) is 6. The van der Waals surface area contributed by atoms with Crippen molar-refractivity contribution in [2.24, 2.45) is 0 Å². The first-order valence-electron chi connectivity index (χ1n) is 8.26. The molecule has 0 spiro atoms. The fourth-order valence-electron chi connectivity index (χ4n) is 2.60. The van der Waals surface area contributed by atoms with Crippen LogP contribution in [-0.4, -0.2) is 60.6 Å². The molecular formula is C17H20BrN3O5S. The highest BCUT2D eigenvalue weighted by atomic mass is 79.9. The van der Waals surface area contributed by atoms with Gasteiger partial charge in [-0.05, 0) is 37.3 Å². The number of carbonyl (C=O) groups excluding carboxylic acids is 3. The van der Waals surface area contributed by atoms with Gasteiger partial charge in [0.05, 0.1) is 25.7 Å². The first-order chi connectivity index (χ1) is 12.9. The number of nitrogens with one attached hydrogen (secondary N) is 2. The second-order valence-corrected chi connectivity index (χ2v) is 6.92. The van der Waals surface area contributed by atoms with Gasteiger partial charge in [-0.1, -0.05) is 15.9 Å². The van der Waals surface area contributed by atoms with E-state index in [9.17, 15) is 14.4 Å². The van der Waals surface area contributed by atoms with E-state index in [0.29, 0.717) is 35.5 Å². The van der Waals surface area contributed by atoms with Crippen LogP contribution in [0.1, 0.15) is 23.7 Å². The molecule has 2 rings (SSSR count). The fourth-order valence-corrected chi connectivity index (χ4v) is 3.27. The Hall–Kier alpha value is -2.20. The summed E-state index contributed by atoms with van der Waals surface area (Å²) in [6.07, 6.45) is -0.167. The minimum absolute atomic E-state index is 0.0613. The van der Waals surface area contributed by atoms with Gasteiger partial charge in [-0.15, -0.1) is 0 Å². The van der Waals surface area contributed by atoms with Crippen LogP contribution in [0.3, 0.4) is 0 Å². The number of carbonyl (C=O) groups is 3. The van der Waals surface area contributed by atoms with Crippen molar-refractivity contribution >= 4 is 51.0 Å². The quantitative estimate of drug-likeness (QED) is 0.506. The van der Waals surface area contributed by atoms with Crippen molar-refractivity contribution in [2.45, 2.75) is 19.4 Å². The SMILES string of the molecule is CCOc1ccc(Br)cc1C(=O)NC(=S)N1CCNC(=O)C1CC(=O)OC. The molecule has 10 heteroatoms. The van der Waals surface area contributed by atoms with Gasteiger partial charge in [-0.3, -0.25) is 19.7 Å². The van der Waals surface area contributed by atoms with Gasteiger partial charge >= 0.3 is 5.97 Å². The molecule has 2 amide bonds. The summed E-state index contributed by atoms with van der Waals surface area (Å²) >= 11 is 8.65. The summed E-state index contributed by atoms with van der Waals surface area (Å²) in [5.74, 6) is -0.932. The molecule has 1 atom stereocenters. The maximum atomic E-state index is 12.7. The number of ether oxygens (including phenoxy) is 2. The Balaban J connectivity index is 2.17. The molecule has 0 aliphatic carbocycles. The molecular weight excluding hydrogens is 438 g/mol. The molecule has 146 valence electrons. The Morgan fingerprint density at radius 2 is 2.19 bits per heavy atom. The average Bonchev–Trinajstić information content (AvgIpc) is 2.64. The van der Waals surface area contributed by atoms with Crippen LogP contribution >= 0.6 is 28.1 Å². The highest BCUT2D eigenvalue weighted by Gasteiger charge is 2.34. The number of thiocarbonyl (C=S) groups is 1. The van der Waals surface area contributed by atoms with Crippen molar-refractivity contribution in [3.05, 3.63) is 28.2 Å². The second kappa shape index (κ2) is 9.65. The van der Waals surface area contributed by atoms with Crippen LogP contribution in [0.4, 0.5) is 0 Å². The summed E-state index contributed by atoms with van der Waals surface area (Å²) in [6.45, 7) is 2.94. The fraction of sp³-hybridized carbons (Fsp3) is 0.412. The Bertz CT molecular complexity index is 758. The van der Waals surface area contributed by atoms with Crippen molar-refractivity contribution in [3.63, 3.8) is 0 Å². The molecule has 0 bridgehead atoms. The first-order valence-corrected chi connectivity index (χ1v) is 9.46. The van der Waals surface area contributed by atoms with Gasteiger partial charge in [0, 0.05) is 17.6 Å². The Morgan fingerprint density at radius 1 is 1.44 bits per heavy atom. The van der Waals surface area contributed by atoms with Crippen LogP contribution in [0.15, 0.2) is 22.7 Å². The van der Waals surface area contributed by atoms with Crippen LogP contribution in [0, 0.1) is 0 Å². The van der Waals surface area contributed by atoms with Gasteiger partial charge in [0.2, 0.25) is 5.91 Å². The van der Waals surface area contributed by atoms with Crippen molar-refractivity contribution in [3.8, 4) is 5.75 Å². The summed E-state index contributed by atoms with van der Waals surface area (Å²) in [7, 11) is 1.25. The lowest BCUT2D eigenvalue weighted by Gasteiger charge is -2.36. The van der Waals surface area contributed by atoms with Crippen molar-refractivity contribution in [2.75, 3.05) is 26.8 Å². The van der Waals surface area contributed by atoms with Gasteiger partial charge in [0.25, 0.3) is 5.91 Å². The molecule has 0 saturated carbocycles. The van der Waals surface area contributed by atoms with Gasteiger partial charge in [-0.25, -0.2) is 0 Å². The number of piperazine rings is 1. The third-order valence-electron chi connectivity index (χ3n) is 3.89. The summed E-state index contributed by atoms with van der Waals surface area (Å²) < 4.78 is 10.8. The standard InChI is InChI=1S/C17H20BrN3O5S/c1-3-26-13-5-4-10(18)8-11(13)15(23)20-17(27)21-7-6-19-16(24)12(21)9-14(22)25-2/h4-5,8,12H,3,6-7,9H2,1-2H3,(H,19,24)(H,20,23,27). The minimum atomic E-state index is -0.840. The van der Waals surface area contributed by atoms with Crippen molar-refractivity contribution in [1.82, 2.24) is 15.5 Å². The molecule has 1 unspecified atom stereocenters. The number of halogens is 1. The molecule has 1 aliphatic heterocycles. The minimum Gasteiger partial charge on any atom is -0.493 e. The molecule has 2 N–H and O–H groups in total. The van der Waals surface area contributed by atoms with Crippen molar-refractivity contribution in [1.29, 1.82) is 0 Å². The van der Waals surface area contributed by atoms with E-state index in [-0.39, 0.29) is 17.4 Å². The molecule has 1 saturated heterocycles. The van der Waals surface area contributed by atoms with E-state index in [1.54, 1.807) is 18.2 Å². The van der Waals surface area contributed by atoms with E-state index < -0.39 is 17.9 Å². The number of hydrogen-bond donors (Lipinski definition) is 2. The number of esters is 1. The molecule has 0 radical (unpaired) electrons. The smallest absolute Gasteiger partial charge is 0.308 e. The summed E-state index contributed by atoms with van der Waals surface area (Å²) in [5.41, 5.74) is 0.305. The number of methoxy groups -OCH3 is 1. The second-order valence-electron chi connectivity index (χ2n) is 5.61. The highest BCUT2D eigenvalue weighted by Crippen LogP contribution is 2.23. The van der Waals surface area contributed by atoms with E-state index >= 15 is 0 Å². The zero-order chi connectivity index (χ0) is 20.0. The third-order valence-corrected chi connectivity index (χ3v) is 4.72. The Morgan fingerprint density at radius 3 is 2.85 bits per heavy atom. The monoisotopic (exact) mass is 457 g/mol. The molecule has 8 nitrogen and oxygen atoms in total. The summed E-state index contributed by atoms with van der Waals surface area (Å²) in [6, 6.07) is 4.23. The van der Waals surface area contributed by atoms with Gasteiger partial charge in [-0.2, -0.15) is 0 Å². The molecule has 1 aromatic rings. The molecule has 1 fully saturated rings. The van der Waals surface area contributed by atoms with E-state index in [0.717, 1.165) is 0 Å². The topological polar surface area (TPSA) is 97.0 Å². The van der Waals surface area contributed by atoms with E-state index in [4.69, 9.17) is 17.0 Å². The maximum Gasteiger partial charge on any atom is 0.308 e. The first kappa shape index (κ1) is 21.1. The van der Waals surface area contributed by atoms with E-state index in [2.05, 4.69) is 31.3 Å². The summed E-state index contributed by atoms with van der Waals surface area (Å²) in [4.78, 5) is 38.0. The predicted molar refractivity (Wildman–Crippen MR) is 106 cm³/mol. The maximum absolute atomic E-state index is 12.7. The lowest BCUT2D eigenvalue weighted by molar-refractivity contribution is -0.144. The molecule has 1 aromatic carbocycles. The van der Waals surface area contributed by atoms with Gasteiger partial charge in [0.1, 0.15) is 11.8 Å². The highest BCUT2D eigenvalue weighted by molar-refractivity contribution is 9.10. The third kappa shape index (κ3) is 5.39. The molecule has 0 aromatic heterocycles.